The first-order valence-electron chi connectivity index (χ1n) is 8.57. The van der Waals surface area contributed by atoms with E-state index < -0.39 is 17.7 Å². The summed E-state index contributed by atoms with van der Waals surface area (Å²) in [5, 5.41) is 8.05. The lowest BCUT2D eigenvalue weighted by Crippen LogP contribution is -2.40. The number of carbonyl (C=O) groups is 3. The summed E-state index contributed by atoms with van der Waals surface area (Å²) in [6.07, 6.45) is 5.42. The third-order valence-corrected chi connectivity index (χ3v) is 3.90. The van der Waals surface area contributed by atoms with Gasteiger partial charge in [0.15, 0.2) is 0 Å². The maximum Gasteiger partial charge on any atom is 0.309 e. The summed E-state index contributed by atoms with van der Waals surface area (Å²) in [5.74, 6) is -1.94. The Labute approximate surface area is 161 Å². The second-order valence-electron chi connectivity index (χ2n) is 5.77. The summed E-state index contributed by atoms with van der Waals surface area (Å²) in [6.45, 7) is 1.09. The molecule has 10 nitrogen and oxygen atoms in total. The molecule has 0 unspecified atom stereocenters. The number of methoxy groups -OCH3 is 1. The number of hydrogen-bond donors (Lipinski definition) is 2. The highest BCUT2D eigenvalue weighted by Gasteiger charge is 2.15. The van der Waals surface area contributed by atoms with E-state index in [0.29, 0.717) is 24.3 Å². The molecule has 1 aliphatic rings. The summed E-state index contributed by atoms with van der Waals surface area (Å²) in [7, 11) is 1.40. The van der Waals surface area contributed by atoms with Gasteiger partial charge in [0, 0.05) is 47.8 Å². The number of rotatable bonds is 7. The fourth-order valence-electron chi connectivity index (χ4n) is 2.48. The Balaban J connectivity index is 1.86. The molecule has 0 fully saturated rings. The van der Waals surface area contributed by atoms with Gasteiger partial charge in [0.05, 0.1) is 7.11 Å². The van der Waals surface area contributed by atoms with Crippen molar-refractivity contribution in [1.82, 2.24) is 10.6 Å². The minimum absolute atomic E-state index is 0.0286. The van der Waals surface area contributed by atoms with Gasteiger partial charge in [0.25, 0.3) is 0 Å². The first-order chi connectivity index (χ1) is 13.5. The molecule has 2 N–H and O–H groups in total. The van der Waals surface area contributed by atoms with Gasteiger partial charge >= 0.3 is 11.8 Å². The van der Waals surface area contributed by atoms with Gasteiger partial charge in [0.2, 0.25) is 5.91 Å². The van der Waals surface area contributed by atoms with Crippen molar-refractivity contribution in [1.29, 1.82) is 0 Å². The van der Waals surface area contributed by atoms with Crippen molar-refractivity contribution in [2.75, 3.05) is 20.2 Å². The fourth-order valence-corrected chi connectivity index (χ4v) is 2.48. The molecule has 0 saturated heterocycles. The first kappa shape index (κ1) is 20.7. The lowest BCUT2D eigenvalue weighted by Gasteiger charge is -2.11. The predicted molar refractivity (Wildman–Crippen MR) is 102 cm³/mol. The van der Waals surface area contributed by atoms with Gasteiger partial charge in [-0.2, -0.15) is 0 Å². The van der Waals surface area contributed by atoms with E-state index in [2.05, 4.69) is 25.7 Å². The molecular weight excluding hydrogens is 364 g/mol. The van der Waals surface area contributed by atoms with Crippen LogP contribution in [0.5, 0.6) is 5.75 Å². The van der Waals surface area contributed by atoms with Crippen LogP contribution in [0.1, 0.15) is 28.8 Å². The second-order valence-corrected chi connectivity index (χ2v) is 5.77. The first-order valence-corrected chi connectivity index (χ1v) is 8.57. The van der Waals surface area contributed by atoms with E-state index in [0.717, 1.165) is 18.7 Å². The molecule has 0 bridgehead atoms. The summed E-state index contributed by atoms with van der Waals surface area (Å²) in [5.41, 5.74) is 9.93. The summed E-state index contributed by atoms with van der Waals surface area (Å²) in [4.78, 5) is 42.2. The number of nitrogens with one attached hydrogen (secondary N) is 2. The number of azide groups is 1. The zero-order valence-electron chi connectivity index (χ0n) is 15.3. The fraction of sp³-hybridized carbons (Fsp3) is 0.333. The van der Waals surface area contributed by atoms with Crippen LogP contribution in [0.3, 0.4) is 0 Å². The molecule has 1 heterocycles. The molecule has 0 atom stereocenters. The van der Waals surface area contributed by atoms with Crippen LogP contribution < -0.4 is 15.4 Å². The average Bonchev–Trinajstić information content (AvgIpc) is 2.72. The van der Waals surface area contributed by atoms with Crippen LogP contribution in [0, 0.1) is 0 Å². The summed E-state index contributed by atoms with van der Waals surface area (Å²) < 4.78 is 5.18. The lowest BCUT2D eigenvalue weighted by atomic mass is 10.1. The Morgan fingerprint density at radius 3 is 2.75 bits per heavy atom. The van der Waals surface area contributed by atoms with Crippen molar-refractivity contribution in [3.63, 3.8) is 0 Å². The van der Waals surface area contributed by atoms with Gasteiger partial charge in [0.1, 0.15) is 5.75 Å². The monoisotopic (exact) mass is 384 g/mol. The normalized spacial score (nSPS) is 12.4. The SMILES string of the molecule is COc1cc(C(=O)N=[N+]=[N-])ccc1CNC(=O)C(=O)NCCC1=NCCC=C1. The lowest BCUT2D eigenvalue weighted by molar-refractivity contribution is -0.139. The topological polar surface area (TPSA) is 146 Å². The van der Waals surface area contributed by atoms with Crippen LogP contribution in [-0.2, 0) is 16.1 Å². The van der Waals surface area contributed by atoms with Gasteiger partial charge in [-0.25, -0.2) is 0 Å². The van der Waals surface area contributed by atoms with Crippen molar-refractivity contribution in [3.8, 4) is 5.75 Å². The van der Waals surface area contributed by atoms with Gasteiger partial charge in [-0.15, -0.1) is 0 Å². The molecule has 0 aromatic heterocycles. The van der Waals surface area contributed by atoms with Gasteiger partial charge in [-0.1, -0.05) is 18.2 Å². The van der Waals surface area contributed by atoms with Gasteiger partial charge in [-0.05, 0) is 29.2 Å². The zero-order chi connectivity index (χ0) is 20.4. The minimum atomic E-state index is -0.780. The second kappa shape index (κ2) is 10.5. The highest BCUT2D eigenvalue weighted by atomic mass is 16.5. The van der Waals surface area contributed by atoms with Crippen LogP contribution >= 0.6 is 0 Å². The molecule has 28 heavy (non-hydrogen) atoms. The Morgan fingerprint density at radius 1 is 1.29 bits per heavy atom. The molecule has 0 aliphatic carbocycles. The van der Waals surface area contributed by atoms with Crippen molar-refractivity contribution in [2.24, 2.45) is 10.1 Å². The minimum Gasteiger partial charge on any atom is -0.496 e. The predicted octanol–water partition coefficient (Wildman–Crippen LogP) is 1.67. The van der Waals surface area contributed by atoms with Gasteiger partial charge < -0.3 is 15.4 Å². The number of ether oxygens (including phenoxy) is 1. The number of amides is 3. The number of nitrogens with zero attached hydrogens (tertiary/aromatic N) is 4. The van der Waals surface area contributed by atoms with Gasteiger partial charge in [-0.3, -0.25) is 19.4 Å². The molecule has 1 aromatic rings. The molecular formula is C18H20N6O4. The zero-order valence-corrected chi connectivity index (χ0v) is 15.3. The molecule has 1 aromatic carbocycles. The van der Waals surface area contributed by atoms with E-state index in [1.54, 1.807) is 6.07 Å². The Hall–Kier alpha value is -3.65. The van der Waals surface area contributed by atoms with Crippen LogP contribution in [0.4, 0.5) is 0 Å². The number of carbonyl (C=O) groups excluding carboxylic acids is 3. The van der Waals surface area contributed by atoms with E-state index in [1.165, 1.54) is 19.2 Å². The number of benzene rings is 1. The largest absolute Gasteiger partial charge is 0.496 e. The smallest absolute Gasteiger partial charge is 0.309 e. The maximum absolute atomic E-state index is 11.9. The van der Waals surface area contributed by atoms with Crippen LogP contribution in [0.15, 0.2) is 40.5 Å². The van der Waals surface area contributed by atoms with E-state index in [9.17, 15) is 14.4 Å². The third-order valence-electron chi connectivity index (χ3n) is 3.90. The highest BCUT2D eigenvalue weighted by Crippen LogP contribution is 2.20. The van der Waals surface area contributed by atoms with Crippen LogP contribution in [-0.4, -0.2) is 43.6 Å². The van der Waals surface area contributed by atoms with E-state index in [4.69, 9.17) is 10.3 Å². The van der Waals surface area contributed by atoms with Crippen molar-refractivity contribution >= 4 is 23.4 Å². The summed E-state index contributed by atoms with van der Waals surface area (Å²) >= 11 is 0. The average molecular weight is 384 g/mol. The van der Waals surface area contributed by atoms with Crippen LogP contribution in [0.25, 0.3) is 10.4 Å². The number of hydrogen-bond acceptors (Lipinski definition) is 5. The van der Waals surface area contributed by atoms with Crippen molar-refractivity contribution in [3.05, 3.63) is 51.9 Å². The van der Waals surface area contributed by atoms with E-state index >= 15 is 0 Å². The highest BCUT2D eigenvalue weighted by molar-refractivity contribution is 6.35. The number of dihydropyridines is 1. The quantitative estimate of drug-likeness (QED) is 0.318. The van der Waals surface area contributed by atoms with E-state index in [-0.39, 0.29) is 12.1 Å². The number of aliphatic imine (C=N–C) groups is 1. The molecule has 146 valence electrons. The molecule has 1 aliphatic heterocycles. The Morgan fingerprint density at radius 2 is 2.07 bits per heavy atom. The Bertz CT molecular complexity index is 871. The molecule has 0 saturated carbocycles. The third kappa shape index (κ3) is 5.96. The van der Waals surface area contributed by atoms with Crippen molar-refractivity contribution in [2.45, 2.75) is 19.4 Å². The maximum atomic E-state index is 11.9. The molecule has 10 heteroatoms. The van der Waals surface area contributed by atoms with E-state index in [1.807, 2.05) is 12.2 Å². The summed E-state index contributed by atoms with van der Waals surface area (Å²) in [6, 6.07) is 4.39. The molecule has 3 amide bonds. The molecule has 0 radical (unpaired) electrons. The Kier molecular flexibility index (Phi) is 7.74. The van der Waals surface area contributed by atoms with Crippen molar-refractivity contribution < 1.29 is 19.1 Å². The molecule has 2 rings (SSSR count). The number of allylic oxidation sites excluding steroid dienone is 1. The van der Waals surface area contributed by atoms with Crippen LogP contribution in [0.2, 0.25) is 0 Å². The molecule has 0 spiro atoms. The standard InChI is InChI=1S/C18H20N6O4/c1-28-15-10-12(16(25)23-24-19)5-6-13(15)11-22-18(27)17(26)21-9-7-14-4-2-3-8-20-14/h2,4-6,10H,3,7-9,11H2,1H3,(H,21,26)(H,22,27).